The molecule has 0 amide bonds. The fraction of sp³-hybridized carbons (Fsp3) is 0.154. The summed E-state index contributed by atoms with van der Waals surface area (Å²) in [4.78, 5) is 19.2. The molecule has 0 radical (unpaired) electrons. The van der Waals surface area contributed by atoms with E-state index in [0.717, 1.165) is 0 Å². The maximum atomic E-state index is 11.2. The van der Waals surface area contributed by atoms with Crippen molar-refractivity contribution in [2.75, 3.05) is 7.11 Å². The van der Waals surface area contributed by atoms with Crippen molar-refractivity contribution < 1.29 is 19.4 Å². The number of halogens is 1. The second kappa shape index (κ2) is 5.87. The molecule has 1 heterocycles. The fourth-order valence-corrected chi connectivity index (χ4v) is 1.93. The Morgan fingerprint density at radius 1 is 1.40 bits per heavy atom. The Hall–Kier alpha value is -2.15. The van der Waals surface area contributed by atoms with Crippen molar-refractivity contribution in [2.45, 2.75) is 6.92 Å². The van der Waals surface area contributed by atoms with E-state index in [1.165, 1.54) is 19.4 Å². The molecule has 104 valence electrons. The molecule has 1 aromatic heterocycles. The molecule has 0 unspecified atom stereocenters. The van der Waals surface area contributed by atoms with Crippen LogP contribution in [-0.2, 0) is 0 Å². The van der Waals surface area contributed by atoms with E-state index in [1.54, 1.807) is 19.1 Å². The average molecular weight is 339 g/mol. The van der Waals surface area contributed by atoms with Crippen molar-refractivity contribution >= 4 is 21.9 Å². The van der Waals surface area contributed by atoms with Crippen LogP contribution in [0.15, 0.2) is 28.9 Å². The van der Waals surface area contributed by atoms with Crippen molar-refractivity contribution in [2.24, 2.45) is 0 Å². The van der Waals surface area contributed by atoms with E-state index in [4.69, 9.17) is 14.6 Å². The molecule has 0 saturated heterocycles. The molecule has 20 heavy (non-hydrogen) atoms. The molecular weight excluding hydrogens is 328 g/mol. The Labute approximate surface area is 123 Å². The van der Waals surface area contributed by atoms with Crippen LogP contribution in [0.2, 0.25) is 0 Å². The highest BCUT2D eigenvalue weighted by Crippen LogP contribution is 2.29. The summed E-state index contributed by atoms with van der Waals surface area (Å²) in [5.74, 6) is -0.558. The van der Waals surface area contributed by atoms with Crippen LogP contribution in [0.5, 0.6) is 17.6 Å². The summed E-state index contributed by atoms with van der Waals surface area (Å²) in [6, 6.07) is 4.87. The van der Waals surface area contributed by atoms with E-state index in [0.29, 0.717) is 15.9 Å². The minimum Gasteiger partial charge on any atom is -0.480 e. The molecule has 1 aromatic carbocycles. The quantitative estimate of drug-likeness (QED) is 0.922. The van der Waals surface area contributed by atoms with Gasteiger partial charge in [-0.25, -0.2) is 9.78 Å². The molecule has 0 saturated carbocycles. The van der Waals surface area contributed by atoms with Crippen LogP contribution in [-0.4, -0.2) is 28.2 Å². The lowest BCUT2D eigenvalue weighted by molar-refractivity contribution is 0.0694. The first-order chi connectivity index (χ1) is 9.52. The number of methoxy groups -OCH3 is 1. The normalized spacial score (nSPS) is 10.2. The summed E-state index contributed by atoms with van der Waals surface area (Å²) in [6.45, 7) is 1.75. The number of carboxylic acid groups (broad SMARTS) is 1. The van der Waals surface area contributed by atoms with Gasteiger partial charge in [0.1, 0.15) is 11.3 Å². The number of aromatic nitrogens is 2. The lowest BCUT2D eigenvalue weighted by Gasteiger charge is -2.10. The summed E-state index contributed by atoms with van der Waals surface area (Å²) in [6.07, 6.45) is 1.47. The second-order valence-corrected chi connectivity index (χ2v) is 4.72. The Balaban J connectivity index is 2.42. The zero-order chi connectivity index (χ0) is 14.7. The average Bonchev–Trinajstić information content (AvgIpc) is 2.42. The molecule has 6 nitrogen and oxygen atoms in total. The van der Waals surface area contributed by atoms with Crippen LogP contribution in [0.1, 0.15) is 15.9 Å². The molecule has 0 atom stereocenters. The predicted octanol–water partition coefficient (Wildman–Crippen LogP) is 3.05. The zero-order valence-electron chi connectivity index (χ0n) is 10.8. The maximum absolute atomic E-state index is 11.2. The van der Waals surface area contributed by atoms with Crippen LogP contribution >= 0.6 is 15.9 Å². The molecule has 1 N–H and O–H groups in total. The number of para-hydroxylation sites is 1. The molecule has 0 fully saturated rings. The highest BCUT2D eigenvalue weighted by molar-refractivity contribution is 9.10. The molecule has 0 aliphatic rings. The Bertz CT molecular complexity index is 661. The van der Waals surface area contributed by atoms with Gasteiger partial charge in [0.05, 0.1) is 17.8 Å². The second-order valence-electron chi connectivity index (χ2n) is 3.87. The minimum absolute atomic E-state index is 0.0156. The van der Waals surface area contributed by atoms with Crippen LogP contribution in [0.25, 0.3) is 0 Å². The van der Waals surface area contributed by atoms with Gasteiger partial charge in [-0.3, -0.25) is 0 Å². The SMILES string of the molecule is COc1nc(Oc2c(C)cccc2C(=O)O)ncc1Br. The summed E-state index contributed by atoms with van der Waals surface area (Å²) in [7, 11) is 1.47. The smallest absolute Gasteiger partial charge is 0.339 e. The van der Waals surface area contributed by atoms with Crippen LogP contribution in [0.4, 0.5) is 0 Å². The van der Waals surface area contributed by atoms with Gasteiger partial charge < -0.3 is 14.6 Å². The highest BCUT2D eigenvalue weighted by Gasteiger charge is 2.16. The summed E-state index contributed by atoms with van der Waals surface area (Å²) < 4.78 is 11.1. The number of carboxylic acids is 1. The van der Waals surface area contributed by atoms with E-state index in [2.05, 4.69) is 25.9 Å². The molecular formula is C13H11BrN2O4. The lowest BCUT2D eigenvalue weighted by atomic mass is 10.1. The van der Waals surface area contributed by atoms with Crippen molar-refractivity contribution in [1.82, 2.24) is 9.97 Å². The van der Waals surface area contributed by atoms with Gasteiger partial charge in [-0.2, -0.15) is 4.98 Å². The van der Waals surface area contributed by atoms with Crippen molar-refractivity contribution in [3.8, 4) is 17.6 Å². The van der Waals surface area contributed by atoms with Gasteiger partial charge >= 0.3 is 12.0 Å². The minimum atomic E-state index is -1.08. The number of nitrogens with zero attached hydrogens (tertiary/aromatic N) is 2. The lowest BCUT2D eigenvalue weighted by Crippen LogP contribution is -2.03. The Morgan fingerprint density at radius 3 is 2.80 bits per heavy atom. The molecule has 0 aliphatic heterocycles. The molecule has 0 aliphatic carbocycles. The number of aromatic carboxylic acids is 1. The first kappa shape index (κ1) is 14.3. The Kier molecular flexibility index (Phi) is 4.19. The van der Waals surface area contributed by atoms with Gasteiger partial charge in [0.2, 0.25) is 5.88 Å². The van der Waals surface area contributed by atoms with Gasteiger partial charge in [-0.1, -0.05) is 12.1 Å². The van der Waals surface area contributed by atoms with Gasteiger partial charge in [-0.05, 0) is 34.5 Å². The monoisotopic (exact) mass is 338 g/mol. The third kappa shape index (κ3) is 2.88. The van der Waals surface area contributed by atoms with Crippen molar-refractivity contribution in [3.05, 3.63) is 40.0 Å². The van der Waals surface area contributed by atoms with E-state index < -0.39 is 5.97 Å². The fourth-order valence-electron chi connectivity index (χ4n) is 1.58. The molecule has 2 aromatic rings. The predicted molar refractivity (Wildman–Crippen MR) is 74.5 cm³/mol. The molecule has 2 rings (SSSR count). The first-order valence-electron chi connectivity index (χ1n) is 5.60. The summed E-state index contributed by atoms with van der Waals surface area (Å²) >= 11 is 3.23. The number of hydrogen-bond donors (Lipinski definition) is 1. The molecule has 0 bridgehead atoms. The van der Waals surface area contributed by atoms with Crippen molar-refractivity contribution in [1.29, 1.82) is 0 Å². The third-order valence-electron chi connectivity index (χ3n) is 2.52. The van der Waals surface area contributed by atoms with E-state index >= 15 is 0 Å². The molecule has 0 spiro atoms. The Morgan fingerprint density at radius 2 is 2.15 bits per heavy atom. The van der Waals surface area contributed by atoms with Crippen LogP contribution in [0, 0.1) is 6.92 Å². The van der Waals surface area contributed by atoms with Gasteiger partial charge in [0.25, 0.3) is 0 Å². The van der Waals surface area contributed by atoms with Gasteiger partial charge in [0.15, 0.2) is 0 Å². The van der Waals surface area contributed by atoms with E-state index in [-0.39, 0.29) is 17.3 Å². The molecule has 7 heteroatoms. The number of rotatable bonds is 4. The summed E-state index contributed by atoms with van der Waals surface area (Å²) in [5.41, 5.74) is 0.728. The maximum Gasteiger partial charge on any atom is 0.339 e. The van der Waals surface area contributed by atoms with E-state index in [1.807, 2.05) is 0 Å². The standard InChI is InChI=1S/C13H11BrN2O4/c1-7-4-3-5-8(12(17)18)10(7)20-13-15-6-9(14)11(16-13)19-2/h3-6H,1-2H3,(H,17,18). The van der Waals surface area contributed by atoms with Crippen molar-refractivity contribution in [3.63, 3.8) is 0 Å². The largest absolute Gasteiger partial charge is 0.480 e. The number of aryl methyl sites for hydroxylation is 1. The topological polar surface area (TPSA) is 81.5 Å². The number of carbonyl (C=O) groups is 1. The first-order valence-corrected chi connectivity index (χ1v) is 6.39. The zero-order valence-corrected chi connectivity index (χ0v) is 12.3. The number of ether oxygens (including phenoxy) is 2. The highest BCUT2D eigenvalue weighted by atomic mass is 79.9. The number of hydrogen-bond acceptors (Lipinski definition) is 5. The third-order valence-corrected chi connectivity index (χ3v) is 3.06. The van der Waals surface area contributed by atoms with Gasteiger partial charge in [0, 0.05) is 0 Å². The van der Waals surface area contributed by atoms with Gasteiger partial charge in [-0.15, -0.1) is 0 Å². The van der Waals surface area contributed by atoms with Crippen LogP contribution in [0.3, 0.4) is 0 Å². The van der Waals surface area contributed by atoms with Crippen LogP contribution < -0.4 is 9.47 Å². The van der Waals surface area contributed by atoms with E-state index in [9.17, 15) is 4.79 Å². The number of benzene rings is 1. The summed E-state index contributed by atoms with van der Waals surface area (Å²) in [5, 5.41) is 9.16.